The third kappa shape index (κ3) is 4.28. The molecule has 0 fully saturated rings. The summed E-state index contributed by atoms with van der Waals surface area (Å²) >= 11 is 0. The second kappa shape index (κ2) is 6.32. The van der Waals surface area contributed by atoms with Crippen molar-refractivity contribution in [2.24, 2.45) is 0 Å². The van der Waals surface area contributed by atoms with Crippen LogP contribution in [-0.4, -0.2) is 52.4 Å². The molecule has 20 heavy (non-hydrogen) atoms. The molecule has 0 aliphatic carbocycles. The van der Waals surface area contributed by atoms with Gasteiger partial charge in [0.2, 0.25) is 10.0 Å². The predicted octanol–water partition coefficient (Wildman–Crippen LogP) is 1.15. The summed E-state index contributed by atoms with van der Waals surface area (Å²) in [4.78, 5) is 2.24. The number of hydrogen-bond acceptors (Lipinski definition) is 5. The Morgan fingerprint density at radius 3 is 2.45 bits per heavy atom. The van der Waals surface area contributed by atoms with Crippen LogP contribution in [-0.2, 0) is 10.0 Å². The second-order valence-electron chi connectivity index (χ2n) is 4.67. The minimum atomic E-state index is -3.29. The molecule has 0 spiro atoms. The normalized spacial score (nSPS) is 16.9. The minimum Gasteiger partial charge on any atom is -0.488 e. The van der Waals surface area contributed by atoms with Crippen molar-refractivity contribution in [3.8, 4) is 11.5 Å². The first-order chi connectivity index (χ1) is 9.48. The SMILES string of the molecule is CCN1CCOc2ccc(NS(C)(=O)=O)cc2OCC1. The van der Waals surface area contributed by atoms with Gasteiger partial charge in [0, 0.05) is 19.2 Å². The Labute approximate surface area is 119 Å². The number of fused-ring (bicyclic) bond motifs is 1. The predicted molar refractivity (Wildman–Crippen MR) is 78.0 cm³/mol. The quantitative estimate of drug-likeness (QED) is 0.907. The van der Waals surface area contributed by atoms with Crippen LogP contribution in [0.25, 0.3) is 0 Å². The molecule has 1 aromatic carbocycles. The van der Waals surface area contributed by atoms with Crippen molar-refractivity contribution in [1.82, 2.24) is 4.90 Å². The van der Waals surface area contributed by atoms with Gasteiger partial charge in [-0.25, -0.2) is 8.42 Å². The van der Waals surface area contributed by atoms with Crippen molar-refractivity contribution >= 4 is 15.7 Å². The van der Waals surface area contributed by atoms with Gasteiger partial charge in [0.15, 0.2) is 11.5 Å². The Morgan fingerprint density at radius 2 is 1.85 bits per heavy atom. The fraction of sp³-hybridized carbons (Fsp3) is 0.538. The minimum absolute atomic E-state index is 0.474. The molecule has 6 nitrogen and oxygen atoms in total. The van der Waals surface area contributed by atoms with E-state index in [4.69, 9.17) is 9.47 Å². The van der Waals surface area contributed by atoms with Crippen LogP contribution in [0.15, 0.2) is 18.2 Å². The molecular weight excluding hydrogens is 280 g/mol. The van der Waals surface area contributed by atoms with E-state index in [2.05, 4.69) is 16.5 Å². The summed E-state index contributed by atoms with van der Waals surface area (Å²) in [7, 11) is -3.29. The van der Waals surface area contributed by atoms with Crippen molar-refractivity contribution in [3.05, 3.63) is 18.2 Å². The molecule has 1 aromatic rings. The number of sulfonamides is 1. The van der Waals surface area contributed by atoms with Crippen LogP contribution in [0.1, 0.15) is 6.92 Å². The lowest BCUT2D eigenvalue weighted by Crippen LogP contribution is -2.31. The maximum atomic E-state index is 11.2. The Bertz CT molecular complexity index is 559. The molecule has 0 saturated heterocycles. The van der Waals surface area contributed by atoms with Gasteiger partial charge in [0.05, 0.1) is 11.9 Å². The highest BCUT2D eigenvalue weighted by Crippen LogP contribution is 2.31. The number of nitrogens with zero attached hydrogens (tertiary/aromatic N) is 1. The third-order valence-electron chi connectivity index (χ3n) is 3.02. The van der Waals surface area contributed by atoms with E-state index in [0.29, 0.717) is 30.4 Å². The maximum absolute atomic E-state index is 11.2. The Kier molecular flexibility index (Phi) is 4.72. The number of benzene rings is 1. The van der Waals surface area contributed by atoms with E-state index in [0.717, 1.165) is 25.9 Å². The Hall–Kier alpha value is -1.47. The fourth-order valence-electron chi connectivity index (χ4n) is 2.02. The van der Waals surface area contributed by atoms with Gasteiger partial charge >= 0.3 is 0 Å². The average molecular weight is 300 g/mol. The van der Waals surface area contributed by atoms with Gasteiger partial charge in [-0.15, -0.1) is 0 Å². The van der Waals surface area contributed by atoms with Gasteiger partial charge in [-0.2, -0.15) is 0 Å². The zero-order chi connectivity index (χ0) is 14.6. The maximum Gasteiger partial charge on any atom is 0.229 e. The highest BCUT2D eigenvalue weighted by molar-refractivity contribution is 7.92. The van der Waals surface area contributed by atoms with Gasteiger partial charge < -0.3 is 9.47 Å². The molecule has 7 heteroatoms. The second-order valence-corrected chi connectivity index (χ2v) is 6.42. The van der Waals surface area contributed by atoms with Crippen LogP contribution in [0, 0.1) is 0 Å². The average Bonchev–Trinajstić information content (AvgIpc) is 2.46. The lowest BCUT2D eigenvalue weighted by Gasteiger charge is -2.17. The fourth-order valence-corrected chi connectivity index (χ4v) is 2.57. The molecular formula is C13H20N2O4S. The van der Waals surface area contributed by atoms with Crippen molar-refractivity contribution in [2.75, 3.05) is 43.8 Å². The molecule has 112 valence electrons. The van der Waals surface area contributed by atoms with Crippen LogP contribution in [0.5, 0.6) is 11.5 Å². The van der Waals surface area contributed by atoms with E-state index in [1.807, 2.05) is 0 Å². The number of hydrogen-bond donors (Lipinski definition) is 1. The summed E-state index contributed by atoms with van der Waals surface area (Å²) in [6.07, 6.45) is 1.12. The highest BCUT2D eigenvalue weighted by atomic mass is 32.2. The number of ether oxygens (including phenoxy) is 2. The first-order valence-corrected chi connectivity index (χ1v) is 8.47. The summed E-state index contributed by atoms with van der Waals surface area (Å²) in [5.74, 6) is 1.21. The largest absolute Gasteiger partial charge is 0.488 e. The smallest absolute Gasteiger partial charge is 0.229 e. The van der Waals surface area contributed by atoms with Crippen molar-refractivity contribution < 1.29 is 17.9 Å². The zero-order valence-corrected chi connectivity index (χ0v) is 12.6. The molecule has 0 radical (unpaired) electrons. The molecule has 1 heterocycles. The monoisotopic (exact) mass is 300 g/mol. The zero-order valence-electron chi connectivity index (χ0n) is 11.8. The van der Waals surface area contributed by atoms with E-state index < -0.39 is 10.0 Å². The molecule has 0 unspecified atom stereocenters. The summed E-state index contributed by atoms with van der Waals surface area (Å²) in [6.45, 7) is 5.85. The molecule has 0 saturated carbocycles. The molecule has 0 aromatic heterocycles. The lowest BCUT2D eigenvalue weighted by molar-refractivity contribution is 0.204. The molecule has 1 aliphatic rings. The van der Waals surface area contributed by atoms with Crippen LogP contribution >= 0.6 is 0 Å². The molecule has 1 N–H and O–H groups in total. The summed E-state index contributed by atoms with van der Waals surface area (Å²) in [5.41, 5.74) is 0.474. The highest BCUT2D eigenvalue weighted by Gasteiger charge is 2.13. The lowest BCUT2D eigenvalue weighted by atomic mass is 10.3. The van der Waals surface area contributed by atoms with Crippen LogP contribution in [0.2, 0.25) is 0 Å². The van der Waals surface area contributed by atoms with E-state index in [1.54, 1.807) is 18.2 Å². The first kappa shape index (κ1) is 14.9. The van der Waals surface area contributed by atoms with Crippen LogP contribution in [0.4, 0.5) is 5.69 Å². The van der Waals surface area contributed by atoms with Gasteiger partial charge in [-0.3, -0.25) is 9.62 Å². The van der Waals surface area contributed by atoms with Crippen LogP contribution in [0.3, 0.4) is 0 Å². The van der Waals surface area contributed by atoms with Gasteiger partial charge in [0.1, 0.15) is 13.2 Å². The Balaban J connectivity index is 2.16. The van der Waals surface area contributed by atoms with Crippen molar-refractivity contribution in [1.29, 1.82) is 0 Å². The molecule has 0 atom stereocenters. The number of rotatable bonds is 3. The van der Waals surface area contributed by atoms with Gasteiger partial charge in [-0.1, -0.05) is 6.92 Å². The standard InChI is InChI=1S/C13H20N2O4S/c1-3-15-6-8-18-12-5-4-11(14-20(2,16)17)10-13(12)19-9-7-15/h4-5,10,14H,3,6-9H2,1-2H3. The third-order valence-corrected chi connectivity index (χ3v) is 3.63. The van der Waals surface area contributed by atoms with Crippen LogP contribution < -0.4 is 14.2 Å². The summed E-state index contributed by atoms with van der Waals surface area (Å²) < 4.78 is 36.3. The first-order valence-electron chi connectivity index (χ1n) is 6.58. The Morgan fingerprint density at radius 1 is 1.20 bits per heavy atom. The van der Waals surface area contributed by atoms with E-state index in [-0.39, 0.29) is 0 Å². The molecule has 0 amide bonds. The van der Waals surface area contributed by atoms with E-state index >= 15 is 0 Å². The summed E-state index contributed by atoms with van der Waals surface area (Å²) in [6, 6.07) is 5.04. The number of likely N-dealkylation sites (N-methyl/N-ethyl adjacent to an activating group) is 1. The van der Waals surface area contributed by atoms with Crippen molar-refractivity contribution in [3.63, 3.8) is 0 Å². The van der Waals surface area contributed by atoms with Crippen molar-refractivity contribution in [2.45, 2.75) is 6.92 Å². The van der Waals surface area contributed by atoms with Gasteiger partial charge in [-0.05, 0) is 18.7 Å². The number of nitrogens with one attached hydrogen (secondary N) is 1. The molecule has 2 rings (SSSR count). The summed E-state index contributed by atoms with van der Waals surface area (Å²) in [5, 5.41) is 0. The van der Waals surface area contributed by atoms with E-state index in [9.17, 15) is 8.42 Å². The molecule has 1 aliphatic heterocycles. The molecule has 0 bridgehead atoms. The number of anilines is 1. The van der Waals surface area contributed by atoms with Gasteiger partial charge in [0.25, 0.3) is 0 Å². The topological polar surface area (TPSA) is 67.9 Å². The van der Waals surface area contributed by atoms with E-state index in [1.165, 1.54) is 0 Å².